The van der Waals surface area contributed by atoms with E-state index in [9.17, 15) is 0 Å². The Balaban J connectivity index is 2.18. The molecular weight excluding hydrogens is 238 g/mol. The van der Waals surface area contributed by atoms with Crippen LogP contribution in [-0.4, -0.2) is 26.3 Å². The Bertz CT molecular complexity index is 398. The summed E-state index contributed by atoms with van der Waals surface area (Å²) in [6, 6.07) is 6.08. The lowest BCUT2D eigenvalue weighted by atomic mass is 9.91. The molecule has 1 aliphatic rings. The van der Waals surface area contributed by atoms with Crippen molar-refractivity contribution in [3.8, 4) is 11.5 Å². The highest BCUT2D eigenvalue weighted by Crippen LogP contribution is 2.32. The lowest BCUT2D eigenvalue weighted by Gasteiger charge is -2.25. The quantitative estimate of drug-likeness (QED) is 0.885. The van der Waals surface area contributed by atoms with Crippen LogP contribution in [0.25, 0.3) is 0 Å². The number of piperidine rings is 1. The summed E-state index contributed by atoms with van der Waals surface area (Å²) in [5.41, 5.74) is 1.22. The van der Waals surface area contributed by atoms with Crippen molar-refractivity contribution < 1.29 is 9.47 Å². The fourth-order valence-corrected chi connectivity index (χ4v) is 2.69. The van der Waals surface area contributed by atoms with Crippen molar-refractivity contribution >= 4 is 0 Å². The smallest absolute Gasteiger partial charge is 0.126 e. The van der Waals surface area contributed by atoms with Crippen molar-refractivity contribution in [2.75, 3.05) is 20.2 Å². The topological polar surface area (TPSA) is 30.5 Å². The Hall–Kier alpha value is -1.22. The van der Waals surface area contributed by atoms with E-state index < -0.39 is 0 Å². The van der Waals surface area contributed by atoms with Crippen LogP contribution in [-0.2, 0) is 6.42 Å². The molecule has 0 radical (unpaired) electrons. The van der Waals surface area contributed by atoms with E-state index in [0.29, 0.717) is 5.92 Å². The standard InChI is InChI=1S/C16H25NO2/c1-12(2)19-16-8-4-7-15(18-3)14(16)10-13-6-5-9-17-11-13/h4,7-8,12-13,17H,5-6,9-11H2,1-3H3. The van der Waals surface area contributed by atoms with Crippen molar-refractivity contribution in [3.05, 3.63) is 23.8 Å². The van der Waals surface area contributed by atoms with Crippen LogP contribution in [0, 0.1) is 5.92 Å². The van der Waals surface area contributed by atoms with Crippen LogP contribution >= 0.6 is 0 Å². The van der Waals surface area contributed by atoms with Gasteiger partial charge < -0.3 is 14.8 Å². The Morgan fingerprint density at radius 3 is 2.74 bits per heavy atom. The molecule has 1 fully saturated rings. The number of rotatable bonds is 5. The van der Waals surface area contributed by atoms with E-state index in [-0.39, 0.29) is 6.10 Å². The monoisotopic (exact) mass is 263 g/mol. The molecule has 1 aliphatic heterocycles. The minimum atomic E-state index is 0.190. The summed E-state index contributed by atoms with van der Waals surface area (Å²) in [5.74, 6) is 2.60. The normalized spacial score (nSPS) is 19.5. The predicted molar refractivity (Wildman–Crippen MR) is 78.1 cm³/mol. The van der Waals surface area contributed by atoms with Gasteiger partial charge in [-0.2, -0.15) is 0 Å². The molecule has 3 nitrogen and oxygen atoms in total. The van der Waals surface area contributed by atoms with Gasteiger partial charge in [0.2, 0.25) is 0 Å². The summed E-state index contributed by atoms with van der Waals surface area (Å²) < 4.78 is 11.4. The molecule has 1 aromatic rings. The maximum absolute atomic E-state index is 5.93. The van der Waals surface area contributed by atoms with Gasteiger partial charge in [-0.1, -0.05) is 6.07 Å². The maximum atomic E-state index is 5.93. The van der Waals surface area contributed by atoms with E-state index in [0.717, 1.165) is 31.0 Å². The molecule has 1 heterocycles. The van der Waals surface area contributed by atoms with Crippen LogP contribution < -0.4 is 14.8 Å². The van der Waals surface area contributed by atoms with E-state index in [2.05, 4.69) is 19.2 Å². The molecule has 106 valence electrons. The predicted octanol–water partition coefficient (Wildman–Crippen LogP) is 3.02. The number of benzene rings is 1. The average molecular weight is 263 g/mol. The van der Waals surface area contributed by atoms with Gasteiger partial charge >= 0.3 is 0 Å². The largest absolute Gasteiger partial charge is 0.496 e. The summed E-state index contributed by atoms with van der Waals surface area (Å²) in [7, 11) is 1.73. The molecule has 1 saturated heterocycles. The Morgan fingerprint density at radius 1 is 1.32 bits per heavy atom. The third-order valence-electron chi connectivity index (χ3n) is 3.56. The van der Waals surface area contributed by atoms with Gasteiger partial charge in [0.15, 0.2) is 0 Å². The molecule has 2 rings (SSSR count). The Kier molecular flexibility index (Phi) is 5.08. The van der Waals surface area contributed by atoms with Gasteiger partial charge in [0.05, 0.1) is 13.2 Å². The molecule has 0 aliphatic carbocycles. The molecule has 0 bridgehead atoms. The van der Waals surface area contributed by atoms with Crippen molar-refractivity contribution in [3.63, 3.8) is 0 Å². The number of hydrogen-bond acceptors (Lipinski definition) is 3. The first-order valence-electron chi connectivity index (χ1n) is 7.24. The molecule has 0 aromatic heterocycles. The molecule has 19 heavy (non-hydrogen) atoms. The molecule has 0 spiro atoms. The molecule has 3 heteroatoms. The second kappa shape index (κ2) is 6.80. The summed E-state index contributed by atoms with van der Waals surface area (Å²) in [6.45, 7) is 6.37. The van der Waals surface area contributed by atoms with Crippen LogP contribution in [0.3, 0.4) is 0 Å². The van der Waals surface area contributed by atoms with E-state index in [1.54, 1.807) is 7.11 Å². The van der Waals surface area contributed by atoms with Gasteiger partial charge in [-0.25, -0.2) is 0 Å². The number of nitrogens with one attached hydrogen (secondary N) is 1. The van der Waals surface area contributed by atoms with E-state index in [1.165, 1.54) is 18.4 Å². The zero-order valence-corrected chi connectivity index (χ0v) is 12.2. The van der Waals surface area contributed by atoms with Crippen molar-refractivity contribution in [1.82, 2.24) is 5.32 Å². The second-order valence-corrected chi connectivity index (χ2v) is 5.52. The fraction of sp³-hybridized carbons (Fsp3) is 0.625. The first-order chi connectivity index (χ1) is 9.20. The van der Waals surface area contributed by atoms with Crippen LogP contribution in [0.1, 0.15) is 32.3 Å². The minimum absolute atomic E-state index is 0.190. The second-order valence-electron chi connectivity index (χ2n) is 5.52. The third-order valence-corrected chi connectivity index (χ3v) is 3.56. The van der Waals surface area contributed by atoms with Crippen molar-refractivity contribution in [2.24, 2.45) is 5.92 Å². The Morgan fingerprint density at radius 2 is 2.11 bits per heavy atom. The van der Waals surface area contributed by atoms with Gasteiger partial charge in [0.1, 0.15) is 11.5 Å². The summed E-state index contributed by atoms with van der Waals surface area (Å²) in [4.78, 5) is 0. The summed E-state index contributed by atoms with van der Waals surface area (Å²) >= 11 is 0. The summed E-state index contributed by atoms with van der Waals surface area (Å²) in [5, 5.41) is 3.47. The Labute approximate surface area is 116 Å². The molecule has 1 aromatic carbocycles. The van der Waals surface area contributed by atoms with E-state index >= 15 is 0 Å². The zero-order valence-electron chi connectivity index (χ0n) is 12.2. The van der Waals surface area contributed by atoms with Crippen LogP contribution in [0.2, 0.25) is 0 Å². The van der Waals surface area contributed by atoms with Crippen LogP contribution in [0.5, 0.6) is 11.5 Å². The average Bonchev–Trinajstić information content (AvgIpc) is 2.41. The van der Waals surface area contributed by atoms with Gasteiger partial charge in [-0.15, -0.1) is 0 Å². The molecule has 0 saturated carbocycles. The first-order valence-corrected chi connectivity index (χ1v) is 7.24. The molecule has 0 amide bonds. The van der Waals surface area contributed by atoms with E-state index in [1.807, 2.05) is 18.2 Å². The van der Waals surface area contributed by atoms with Crippen LogP contribution in [0.4, 0.5) is 0 Å². The van der Waals surface area contributed by atoms with Crippen molar-refractivity contribution in [2.45, 2.75) is 39.2 Å². The maximum Gasteiger partial charge on any atom is 0.126 e. The molecule has 1 unspecified atom stereocenters. The number of methoxy groups -OCH3 is 1. The lowest BCUT2D eigenvalue weighted by Crippen LogP contribution is -2.31. The third kappa shape index (κ3) is 3.87. The van der Waals surface area contributed by atoms with Gasteiger partial charge in [-0.05, 0) is 64.3 Å². The molecule has 1 N–H and O–H groups in total. The lowest BCUT2D eigenvalue weighted by molar-refractivity contribution is 0.236. The van der Waals surface area contributed by atoms with Gasteiger partial charge in [0, 0.05) is 5.56 Å². The first kappa shape index (κ1) is 14.2. The molecular formula is C16H25NO2. The van der Waals surface area contributed by atoms with Gasteiger partial charge in [0.25, 0.3) is 0 Å². The highest BCUT2D eigenvalue weighted by molar-refractivity contribution is 5.45. The van der Waals surface area contributed by atoms with Crippen molar-refractivity contribution in [1.29, 1.82) is 0 Å². The molecule has 1 atom stereocenters. The minimum Gasteiger partial charge on any atom is -0.496 e. The highest BCUT2D eigenvalue weighted by Gasteiger charge is 2.19. The zero-order chi connectivity index (χ0) is 13.7. The summed E-state index contributed by atoms with van der Waals surface area (Å²) in [6.07, 6.45) is 3.76. The van der Waals surface area contributed by atoms with Crippen LogP contribution in [0.15, 0.2) is 18.2 Å². The van der Waals surface area contributed by atoms with E-state index in [4.69, 9.17) is 9.47 Å². The highest BCUT2D eigenvalue weighted by atomic mass is 16.5. The number of ether oxygens (including phenoxy) is 2. The fourth-order valence-electron chi connectivity index (χ4n) is 2.69. The SMILES string of the molecule is COc1cccc(OC(C)C)c1CC1CCCNC1. The number of hydrogen-bond donors (Lipinski definition) is 1. The van der Waals surface area contributed by atoms with Gasteiger partial charge in [-0.3, -0.25) is 0 Å².